The standard InChI is InChI=1S/C4H5O3/c5-3-1-2-7-4(3)6/h1-5H/q-1. The number of hydrogen-bond donors (Lipinski definition) is 1. The maximum absolute atomic E-state index is 10.1. The van der Waals surface area contributed by atoms with E-state index in [0.717, 1.165) is 0 Å². The van der Waals surface area contributed by atoms with Crippen LogP contribution in [0, 0.1) is 0 Å². The molecule has 0 bridgehead atoms. The van der Waals surface area contributed by atoms with E-state index in [1.54, 1.807) is 0 Å². The number of rotatable bonds is 0. The van der Waals surface area contributed by atoms with Gasteiger partial charge in [-0.15, -0.1) is 0 Å². The van der Waals surface area contributed by atoms with E-state index in [4.69, 9.17) is 5.11 Å². The molecule has 1 rings (SSSR count). The van der Waals surface area contributed by atoms with E-state index in [2.05, 4.69) is 4.74 Å². The average Bonchev–Trinajstić information content (AvgIpc) is 1.91. The van der Waals surface area contributed by atoms with Crippen LogP contribution in [-0.4, -0.2) is 17.5 Å². The summed E-state index contributed by atoms with van der Waals surface area (Å²) in [4.78, 5) is 0. The second-order valence-electron chi connectivity index (χ2n) is 1.32. The van der Waals surface area contributed by atoms with Gasteiger partial charge in [-0.1, -0.05) is 0 Å². The third-order valence-corrected chi connectivity index (χ3v) is 0.767. The van der Waals surface area contributed by atoms with Crippen LogP contribution in [0.25, 0.3) is 0 Å². The van der Waals surface area contributed by atoms with E-state index in [9.17, 15) is 5.11 Å². The third kappa shape index (κ3) is 0.730. The Balaban J connectivity index is 2.45. The Morgan fingerprint density at radius 3 is 2.57 bits per heavy atom. The Labute approximate surface area is 40.8 Å². The van der Waals surface area contributed by atoms with Crippen molar-refractivity contribution >= 4 is 0 Å². The number of aliphatic hydroxyl groups excluding tert-OH is 1. The number of hydrogen-bond acceptors (Lipinski definition) is 3. The Morgan fingerprint density at radius 1 is 1.71 bits per heavy atom. The predicted molar refractivity (Wildman–Crippen MR) is 20.0 cm³/mol. The molecule has 0 aromatic heterocycles. The molecule has 0 amide bonds. The molecule has 0 spiro atoms. The highest BCUT2D eigenvalue weighted by Gasteiger charge is 2.08. The van der Waals surface area contributed by atoms with E-state index < -0.39 is 12.4 Å². The molecule has 0 fully saturated rings. The van der Waals surface area contributed by atoms with Crippen molar-refractivity contribution in [1.29, 1.82) is 0 Å². The number of ether oxygens (including phenoxy) is 1. The molecule has 0 radical (unpaired) electrons. The summed E-state index contributed by atoms with van der Waals surface area (Å²) < 4.78 is 4.28. The Hall–Kier alpha value is -0.540. The van der Waals surface area contributed by atoms with E-state index in [0.29, 0.717) is 0 Å². The molecule has 0 saturated carbocycles. The van der Waals surface area contributed by atoms with Gasteiger partial charge in [0.05, 0.1) is 18.7 Å². The summed E-state index contributed by atoms with van der Waals surface area (Å²) in [6.07, 6.45) is 0.292. The summed E-state index contributed by atoms with van der Waals surface area (Å²) in [5.41, 5.74) is 0. The zero-order valence-electron chi connectivity index (χ0n) is 3.57. The van der Waals surface area contributed by atoms with Crippen LogP contribution < -0.4 is 5.11 Å². The fraction of sp³-hybridized carbons (Fsp3) is 0.500. The van der Waals surface area contributed by atoms with Gasteiger partial charge in [0.1, 0.15) is 0 Å². The Morgan fingerprint density at radius 2 is 2.43 bits per heavy atom. The number of aliphatic hydroxyl groups is 1. The molecule has 2 unspecified atom stereocenters. The van der Waals surface area contributed by atoms with Gasteiger partial charge >= 0.3 is 0 Å². The molecule has 0 saturated heterocycles. The minimum absolute atomic E-state index is 0.944. The average molecular weight is 101 g/mol. The van der Waals surface area contributed by atoms with E-state index >= 15 is 0 Å². The summed E-state index contributed by atoms with van der Waals surface area (Å²) in [5.74, 6) is 0. The van der Waals surface area contributed by atoms with Crippen LogP contribution in [-0.2, 0) is 4.74 Å². The summed E-state index contributed by atoms with van der Waals surface area (Å²) in [6, 6.07) is 0. The maximum atomic E-state index is 10.1. The third-order valence-electron chi connectivity index (χ3n) is 0.767. The molecule has 0 aromatic carbocycles. The van der Waals surface area contributed by atoms with Crippen molar-refractivity contribution in [2.45, 2.75) is 12.4 Å². The lowest BCUT2D eigenvalue weighted by Gasteiger charge is -2.17. The predicted octanol–water partition coefficient (Wildman–Crippen LogP) is -1.42. The lowest BCUT2D eigenvalue weighted by atomic mass is 10.4. The quantitative estimate of drug-likeness (QED) is 0.407. The van der Waals surface area contributed by atoms with E-state index in [1.165, 1.54) is 12.3 Å². The molecule has 1 aliphatic heterocycles. The Kier molecular flexibility index (Phi) is 1.00. The SMILES string of the molecule is [O-]C1OC=CC1O. The van der Waals surface area contributed by atoms with Crippen LogP contribution in [0.4, 0.5) is 0 Å². The molecule has 7 heavy (non-hydrogen) atoms. The Bertz CT molecular complexity index is 88.9. The first-order chi connectivity index (χ1) is 3.30. The molecule has 40 valence electrons. The van der Waals surface area contributed by atoms with Gasteiger partial charge in [-0.05, 0) is 6.08 Å². The highest BCUT2D eigenvalue weighted by Crippen LogP contribution is 2.02. The lowest BCUT2D eigenvalue weighted by molar-refractivity contribution is -0.490. The van der Waals surface area contributed by atoms with Gasteiger partial charge in [-0.3, -0.25) is 0 Å². The molecule has 1 heterocycles. The van der Waals surface area contributed by atoms with Crippen molar-refractivity contribution in [3.8, 4) is 0 Å². The van der Waals surface area contributed by atoms with Crippen molar-refractivity contribution < 1.29 is 14.9 Å². The minimum Gasteiger partial charge on any atom is -0.819 e. The molecular weight excluding hydrogens is 96.0 g/mol. The van der Waals surface area contributed by atoms with Crippen LogP contribution >= 0.6 is 0 Å². The van der Waals surface area contributed by atoms with Crippen molar-refractivity contribution in [1.82, 2.24) is 0 Å². The van der Waals surface area contributed by atoms with E-state index in [-0.39, 0.29) is 0 Å². The second-order valence-corrected chi connectivity index (χ2v) is 1.32. The molecule has 1 N–H and O–H groups in total. The van der Waals surface area contributed by atoms with Crippen LogP contribution in [0.3, 0.4) is 0 Å². The summed E-state index contributed by atoms with van der Waals surface area (Å²) in [6.45, 7) is 0. The van der Waals surface area contributed by atoms with Crippen LogP contribution in [0.1, 0.15) is 0 Å². The van der Waals surface area contributed by atoms with Crippen molar-refractivity contribution in [2.75, 3.05) is 0 Å². The van der Waals surface area contributed by atoms with Gasteiger partial charge in [0.25, 0.3) is 0 Å². The molecular formula is C4H5O3-. The molecule has 3 nitrogen and oxygen atoms in total. The van der Waals surface area contributed by atoms with E-state index in [1.807, 2.05) is 0 Å². The first-order valence-electron chi connectivity index (χ1n) is 1.97. The highest BCUT2D eigenvalue weighted by molar-refractivity contribution is 4.90. The summed E-state index contributed by atoms with van der Waals surface area (Å²) >= 11 is 0. The zero-order valence-corrected chi connectivity index (χ0v) is 3.57. The molecule has 0 aliphatic carbocycles. The summed E-state index contributed by atoms with van der Waals surface area (Å²) in [7, 11) is 0. The van der Waals surface area contributed by atoms with Crippen LogP contribution in [0.2, 0.25) is 0 Å². The van der Waals surface area contributed by atoms with Gasteiger partial charge in [-0.2, -0.15) is 0 Å². The highest BCUT2D eigenvalue weighted by atomic mass is 16.6. The van der Waals surface area contributed by atoms with Crippen molar-refractivity contribution in [3.63, 3.8) is 0 Å². The lowest BCUT2D eigenvalue weighted by Crippen LogP contribution is -2.34. The zero-order chi connectivity index (χ0) is 5.28. The van der Waals surface area contributed by atoms with Crippen LogP contribution in [0.15, 0.2) is 12.3 Å². The smallest absolute Gasteiger partial charge is 0.0971 e. The first-order valence-corrected chi connectivity index (χ1v) is 1.97. The topological polar surface area (TPSA) is 52.5 Å². The van der Waals surface area contributed by atoms with Crippen LogP contribution in [0.5, 0.6) is 0 Å². The van der Waals surface area contributed by atoms with Gasteiger partial charge in [0, 0.05) is 0 Å². The second kappa shape index (κ2) is 1.52. The fourth-order valence-corrected chi connectivity index (χ4v) is 0.375. The fourth-order valence-electron chi connectivity index (χ4n) is 0.375. The molecule has 2 atom stereocenters. The van der Waals surface area contributed by atoms with Crippen molar-refractivity contribution in [3.05, 3.63) is 12.3 Å². The van der Waals surface area contributed by atoms with Gasteiger partial charge in [-0.25, -0.2) is 0 Å². The van der Waals surface area contributed by atoms with Gasteiger partial charge < -0.3 is 14.9 Å². The molecule has 1 aliphatic rings. The monoisotopic (exact) mass is 101 g/mol. The first kappa shape index (κ1) is 4.61. The molecule has 0 aromatic rings. The van der Waals surface area contributed by atoms with Gasteiger partial charge in [0.2, 0.25) is 0 Å². The summed E-state index contributed by atoms with van der Waals surface area (Å²) in [5, 5.41) is 18.6. The van der Waals surface area contributed by atoms with Gasteiger partial charge in [0.15, 0.2) is 0 Å². The largest absolute Gasteiger partial charge is 0.819 e. The minimum atomic E-state index is -1.29. The molecule has 3 heteroatoms. The normalized spacial score (nSPS) is 38.6. The maximum Gasteiger partial charge on any atom is 0.0971 e. The van der Waals surface area contributed by atoms with Crippen molar-refractivity contribution in [2.24, 2.45) is 0 Å².